The van der Waals surface area contributed by atoms with Crippen LogP contribution < -0.4 is 14.8 Å². The van der Waals surface area contributed by atoms with Gasteiger partial charge in [0, 0.05) is 75.4 Å². The van der Waals surface area contributed by atoms with Crippen LogP contribution in [0, 0.1) is 5.92 Å². The minimum atomic E-state index is -3.97. The second kappa shape index (κ2) is 12.7. The summed E-state index contributed by atoms with van der Waals surface area (Å²) in [5.74, 6) is 0.962. The Morgan fingerprint density at radius 2 is 1.77 bits per heavy atom. The van der Waals surface area contributed by atoms with E-state index in [1.54, 1.807) is 13.2 Å². The Morgan fingerprint density at radius 1 is 1.02 bits per heavy atom. The zero-order valence-corrected chi connectivity index (χ0v) is 29.2. The van der Waals surface area contributed by atoms with Crippen LogP contribution >= 0.6 is 0 Å². The van der Waals surface area contributed by atoms with Crippen molar-refractivity contribution < 1.29 is 27.5 Å². The average molecular weight is 678 g/mol. The molecule has 7 rings (SSSR count). The van der Waals surface area contributed by atoms with E-state index in [0.717, 1.165) is 95.9 Å². The lowest BCUT2D eigenvalue weighted by Crippen LogP contribution is -2.48. The van der Waals surface area contributed by atoms with Crippen LogP contribution in [-0.4, -0.2) is 87.7 Å². The fraction of sp³-hybridized carbons (Fsp3) is 0.556. The van der Waals surface area contributed by atoms with Gasteiger partial charge >= 0.3 is 16.2 Å². The lowest BCUT2D eigenvalue weighted by atomic mass is 9.81. The molecule has 2 atom stereocenters. The predicted molar refractivity (Wildman–Crippen MR) is 185 cm³/mol. The van der Waals surface area contributed by atoms with Gasteiger partial charge in [-0.1, -0.05) is 25.3 Å². The number of benzene rings is 2. The highest BCUT2D eigenvalue weighted by Crippen LogP contribution is 2.60. The molecule has 2 N–H and O–H groups in total. The molecule has 2 aliphatic heterocycles. The van der Waals surface area contributed by atoms with Gasteiger partial charge in [-0.3, -0.25) is 4.79 Å². The highest BCUT2D eigenvalue weighted by molar-refractivity contribution is 7.87. The first-order chi connectivity index (χ1) is 23.0. The molecular formula is C36H47N5O6S. The molecule has 3 amide bonds. The molecule has 258 valence electrons. The Morgan fingerprint density at radius 3 is 2.48 bits per heavy atom. The van der Waals surface area contributed by atoms with Crippen LogP contribution in [0.3, 0.4) is 0 Å². The van der Waals surface area contributed by atoms with Crippen LogP contribution in [0.25, 0.3) is 22.2 Å². The lowest BCUT2D eigenvalue weighted by molar-refractivity contribution is 0.0584. The summed E-state index contributed by atoms with van der Waals surface area (Å²) >= 11 is 0. The highest BCUT2D eigenvalue weighted by atomic mass is 32.2. The summed E-state index contributed by atoms with van der Waals surface area (Å²) in [5.41, 5.74) is 5.31. The number of nitrogens with zero attached hydrogens (tertiary/aromatic N) is 3. The minimum Gasteiger partial charge on any atom is -0.497 e. The maximum Gasteiger partial charge on any atom is 0.317 e. The van der Waals surface area contributed by atoms with Crippen molar-refractivity contribution in [2.45, 2.75) is 75.3 Å². The van der Waals surface area contributed by atoms with Crippen molar-refractivity contribution in [3.8, 4) is 17.0 Å². The summed E-state index contributed by atoms with van der Waals surface area (Å²) in [5, 5.41) is 4.55. The van der Waals surface area contributed by atoms with Crippen molar-refractivity contribution in [3.05, 3.63) is 53.1 Å². The molecule has 11 nitrogen and oxygen atoms in total. The fourth-order valence-corrected chi connectivity index (χ4v) is 8.81. The van der Waals surface area contributed by atoms with Gasteiger partial charge in [0.25, 0.3) is 5.91 Å². The zero-order chi connectivity index (χ0) is 33.8. The summed E-state index contributed by atoms with van der Waals surface area (Å²) in [6.45, 7) is 2.68. The number of methoxy groups -OCH3 is 1. The Labute approximate surface area is 283 Å². The summed E-state index contributed by atoms with van der Waals surface area (Å²) < 4.78 is 41.8. The molecule has 3 heterocycles. The standard InChI is InChI=1S/C36H47N5O6S/c1-39(2)48(44,45)38-34(42)25-10-12-28-31(18-25)41-22-36(37-35(43)40(3)21-23-14-16-47-17-15-23)20-30(36)29-19-26(46-4)11-13-27(29)33(41)32(28)24-8-6-5-7-9-24/h10-13,18-19,23-24,30H,5-9,14-17,20-22H2,1-4H3,(H,37,43)(H,38,42)/t30-,36-/m1/s1. The van der Waals surface area contributed by atoms with Crippen LogP contribution in [-0.2, 0) is 21.5 Å². The average Bonchev–Trinajstić information content (AvgIpc) is 3.71. The Hall–Kier alpha value is -3.61. The van der Waals surface area contributed by atoms with E-state index < -0.39 is 21.7 Å². The fourth-order valence-electron chi connectivity index (χ4n) is 8.27. The monoisotopic (exact) mass is 677 g/mol. The van der Waals surface area contributed by atoms with Crippen LogP contribution in [0.4, 0.5) is 4.79 Å². The molecule has 2 aromatic carbocycles. The number of fused-ring (bicyclic) bond motifs is 7. The summed E-state index contributed by atoms with van der Waals surface area (Å²) in [6.07, 6.45) is 8.41. The van der Waals surface area contributed by atoms with Crippen molar-refractivity contribution in [2.24, 2.45) is 5.92 Å². The summed E-state index contributed by atoms with van der Waals surface area (Å²) in [7, 11) is 2.35. The molecule has 0 bridgehead atoms. The third-order valence-corrected chi connectivity index (χ3v) is 12.5. The maximum absolute atomic E-state index is 13.9. The molecule has 3 aromatic rings. The number of hydrogen-bond acceptors (Lipinski definition) is 6. The van der Waals surface area contributed by atoms with E-state index in [2.05, 4.69) is 26.7 Å². The van der Waals surface area contributed by atoms with Gasteiger partial charge in [-0.05, 0) is 85.4 Å². The molecule has 48 heavy (non-hydrogen) atoms. The van der Waals surface area contributed by atoms with Gasteiger partial charge in [-0.2, -0.15) is 12.7 Å². The Balaban J connectivity index is 1.34. The second-order valence-corrected chi connectivity index (χ2v) is 16.3. The quantitative estimate of drug-likeness (QED) is 0.338. The first-order valence-electron chi connectivity index (χ1n) is 17.2. The van der Waals surface area contributed by atoms with Crippen molar-refractivity contribution >= 4 is 33.1 Å². The third-order valence-electron chi connectivity index (χ3n) is 11.1. The van der Waals surface area contributed by atoms with Crippen LogP contribution in [0.2, 0.25) is 0 Å². The molecule has 4 aliphatic rings. The lowest BCUT2D eigenvalue weighted by Gasteiger charge is -2.29. The van der Waals surface area contributed by atoms with Gasteiger partial charge in [-0.15, -0.1) is 0 Å². The SMILES string of the molecule is COc1ccc2c(c1)[C@H]1C[C@@]1(NC(=O)N(C)CC1CCOCC1)Cn1c-2c(C2CCCCC2)c2ccc(C(=O)NS(=O)(=O)N(C)C)cc21. The number of aromatic nitrogens is 1. The van der Waals surface area contributed by atoms with Gasteiger partial charge in [-0.25, -0.2) is 9.52 Å². The smallest absolute Gasteiger partial charge is 0.317 e. The van der Waals surface area contributed by atoms with Gasteiger partial charge in [0.2, 0.25) is 0 Å². The first kappa shape index (κ1) is 32.9. The molecule has 12 heteroatoms. The Kier molecular flexibility index (Phi) is 8.70. The van der Waals surface area contributed by atoms with Crippen molar-refractivity contribution in [1.82, 2.24) is 23.8 Å². The van der Waals surface area contributed by atoms with E-state index >= 15 is 0 Å². The summed E-state index contributed by atoms with van der Waals surface area (Å²) in [6, 6.07) is 11.7. The molecule has 0 radical (unpaired) electrons. The van der Waals surface area contributed by atoms with E-state index in [1.807, 2.05) is 30.1 Å². The molecular weight excluding hydrogens is 630 g/mol. The maximum atomic E-state index is 13.9. The summed E-state index contributed by atoms with van der Waals surface area (Å²) in [4.78, 5) is 29.0. The third kappa shape index (κ3) is 5.96. The van der Waals surface area contributed by atoms with Gasteiger partial charge < -0.3 is 24.3 Å². The van der Waals surface area contributed by atoms with E-state index in [-0.39, 0.29) is 17.5 Å². The van der Waals surface area contributed by atoms with Crippen molar-refractivity contribution in [1.29, 1.82) is 0 Å². The van der Waals surface area contributed by atoms with Crippen LogP contribution in [0.1, 0.15) is 84.7 Å². The molecule has 2 saturated carbocycles. The zero-order valence-electron chi connectivity index (χ0n) is 28.4. The van der Waals surface area contributed by atoms with Crippen LogP contribution in [0.15, 0.2) is 36.4 Å². The normalized spacial score (nSPS) is 22.7. The number of hydrogen-bond donors (Lipinski definition) is 2. The largest absolute Gasteiger partial charge is 0.497 e. The van der Waals surface area contributed by atoms with E-state index in [1.165, 1.54) is 26.1 Å². The molecule has 0 unspecified atom stereocenters. The Bertz CT molecular complexity index is 1840. The van der Waals surface area contributed by atoms with E-state index in [0.29, 0.717) is 24.9 Å². The molecule has 3 fully saturated rings. The number of nitrogens with one attached hydrogen (secondary N) is 2. The van der Waals surface area contributed by atoms with Gasteiger partial charge in [0.1, 0.15) is 5.75 Å². The van der Waals surface area contributed by atoms with Gasteiger partial charge in [0.15, 0.2) is 0 Å². The number of amides is 3. The number of ether oxygens (including phenoxy) is 2. The number of urea groups is 1. The molecule has 1 aromatic heterocycles. The van der Waals surface area contributed by atoms with Crippen molar-refractivity contribution in [3.63, 3.8) is 0 Å². The molecule has 1 saturated heterocycles. The molecule has 0 spiro atoms. The highest BCUT2D eigenvalue weighted by Gasteiger charge is 2.59. The number of carbonyl (C=O) groups excluding carboxylic acids is 2. The first-order valence-corrected chi connectivity index (χ1v) is 18.7. The van der Waals surface area contributed by atoms with E-state index in [4.69, 9.17) is 9.47 Å². The number of carbonyl (C=O) groups is 2. The predicted octanol–water partition coefficient (Wildman–Crippen LogP) is 5.21. The van der Waals surface area contributed by atoms with Crippen LogP contribution in [0.5, 0.6) is 5.75 Å². The van der Waals surface area contributed by atoms with Crippen molar-refractivity contribution in [2.75, 3.05) is 48.0 Å². The minimum absolute atomic E-state index is 0.0881. The molecule has 2 aliphatic carbocycles. The number of rotatable bonds is 8. The van der Waals surface area contributed by atoms with Gasteiger partial charge in [0.05, 0.1) is 18.3 Å². The van der Waals surface area contributed by atoms with E-state index in [9.17, 15) is 18.0 Å². The second-order valence-electron chi connectivity index (χ2n) is 14.4. The topological polar surface area (TPSA) is 122 Å².